The Labute approximate surface area is 298 Å². The maximum absolute atomic E-state index is 6.66. The third-order valence-electron chi connectivity index (χ3n) is 10.2. The van der Waals surface area contributed by atoms with E-state index in [4.69, 9.17) is 5.73 Å². The molecule has 5 nitrogen and oxygen atoms in total. The number of allylic oxidation sites excluding steroid dienone is 1. The van der Waals surface area contributed by atoms with Crippen LogP contribution in [0.3, 0.4) is 0 Å². The van der Waals surface area contributed by atoms with Crippen LogP contribution < -0.4 is 5.73 Å². The van der Waals surface area contributed by atoms with Crippen LogP contribution in [0.15, 0.2) is 156 Å². The van der Waals surface area contributed by atoms with Crippen molar-refractivity contribution < 1.29 is 0 Å². The normalized spacial score (nSPS) is 14.9. The van der Waals surface area contributed by atoms with Crippen LogP contribution in [0.4, 0.5) is 0 Å². The van der Waals surface area contributed by atoms with E-state index in [9.17, 15) is 0 Å². The van der Waals surface area contributed by atoms with E-state index in [0.29, 0.717) is 12.5 Å². The second-order valence-corrected chi connectivity index (χ2v) is 13.8. The lowest BCUT2D eigenvalue weighted by Crippen LogP contribution is -2.09. The minimum Gasteiger partial charge on any atom is -0.310 e. The summed E-state index contributed by atoms with van der Waals surface area (Å²) < 4.78 is 4.78. The van der Waals surface area contributed by atoms with Crippen LogP contribution >= 0.6 is 0 Å². The summed E-state index contributed by atoms with van der Waals surface area (Å²) >= 11 is 0. The number of hydrogen-bond donors (Lipinski definition) is 1. The number of benzene rings is 6. The third-order valence-corrected chi connectivity index (χ3v) is 10.2. The second-order valence-electron chi connectivity index (χ2n) is 13.8. The third kappa shape index (κ3) is 5.56. The van der Waals surface area contributed by atoms with Gasteiger partial charge in [0.05, 0.1) is 23.1 Å². The van der Waals surface area contributed by atoms with E-state index in [1.54, 1.807) is 0 Å². The van der Waals surface area contributed by atoms with Gasteiger partial charge in [-0.3, -0.25) is 0 Å². The van der Waals surface area contributed by atoms with Crippen molar-refractivity contribution in [1.82, 2.24) is 9.13 Å². The summed E-state index contributed by atoms with van der Waals surface area (Å²) in [5.74, 6) is 0.479. The number of para-hydroxylation sites is 2. The predicted molar refractivity (Wildman–Crippen MR) is 212 cm³/mol. The molecule has 2 atom stereocenters. The zero-order valence-electron chi connectivity index (χ0n) is 28.9. The van der Waals surface area contributed by atoms with E-state index in [2.05, 4.69) is 167 Å². The molecule has 9 rings (SSSR count). The summed E-state index contributed by atoms with van der Waals surface area (Å²) in [6.45, 7) is 4.93. The summed E-state index contributed by atoms with van der Waals surface area (Å²) in [7, 11) is 0. The smallest absolute Gasteiger partial charge is 0.144 e. The summed E-state index contributed by atoms with van der Waals surface area (Å²) in [6.07, 6.45) is 5.08. The molecule has 0 bridgehead atoms. The highest BCUT2D eigenvalue weighted by Gasteiger charge is 2.23. The molecule has 0 amide bonds. The first-order valence-corrected chi connectivity index (χ1v) is 17.7. The Morgan fingerprint density at radius 3 is 2.24 bits per heavy atom. The Morgan fingerprint density at radius 2 is 1.39 bits per heavy atom. The average molecular weight is 662 g/mol. The van der Waals surface area contributed by atoms with E-state index in [0.717, 1.165) is 28.8 Å². The Bertz CT molecular complexity index is 2620. The van der Waals surface area contributed by atoms with Gasteiger partial charge in [-0.25, -0.2) is 0 Å². The van der Waals surface area contributed by atoms with Crippen LogP contribution in [0.2, 0.25) is 0 Å². The summed E-state index contributed by atoms with van der Waals surface area (Å²) in [6, 6.07) is 49.9. The van der Waals surface area contributed by atoms with Gasteiger partial charge >= 0.3 is 0 Å². The summed E-state index contributed by atoms with van der Waals surface area (Å²) in [4.78, 5) is 0. The molecule has 2 heterocycles. The molecule has 248 valence electrons. The quantitative estimate of drug-likeness (QED) is 0.170. The van der Waals surface area contributed by atoms with Gasteiger partial charge in [0, 0.05) is 33.2 Å². The molecule has 6 aromatic carbocycles. The van der Waals surface area contributed by atoms with E-state index in [-0.39, 0.29) is 0 Å². The lowest BCUT2D eigenvalue weighted by atomic mass is 9.92. The van der Waals surface area contributed by atoms with Gasteiger partial charge in [0.2, 0.25) is 0 Å². The molecule has 1 aliphatic rings. The maximum Gasteiger partial charge on any atom is 0.144 e. The van der Waals surface area contributed by atoms with E-state index in [1.807, 2.05) is 18.2 Å². The van der Waals surface area contributed by atoms with Gasteiger partial charge in [-0.15, -0.1) is 0 Å². The zero-order chi connectivity index (χ0) is 34.5. The van der Waals surface area contributed by atoms with Crippen molar-refractivity contribution in [1.29, 1.82) is 0 Å². The topological polar surface area (TPSA) is 60.6 Å². The molecular formula is C46H39N5. The molecule has 8 aromatic rings. The van der Waals surface area contributed by atoms with Crippen molar-refractivity contribution in [2.45, 2.75) is 33.0 Å². The fraction of sp³-hybridized carbons (Fsp3) is 0.130. The van der Waals surface area contributed by atoms with Crippen molar-refractivity contribution >= 4 is 38.8 Å². The number of hydrogen-bond acceptors (Lipinski definition) is 3. The molecule has 0 saturated heterocycles. The first kappa shape index (κ1) is 31.0. The molecule has 0 saturated carbocycles. The molecule has 5 heteroatoms. The van der Waals surface area contributed by atoms with Gasteiger partial charge in [0.15, 0.2) is 0 Å². The SMILES string of the molecule is Cc1cc(C(N)/N=N\Cc2ccccc2)cc(-n2c3c(c4ccc(-c5ccc6c(c5)c5ccccc5n6-c5ccccc5)cc42)CC(C)C=C3)c1. The number of rotatable bonds is 7. The Morgan fingerprint density at radius 1 is 0.667 bits per heavy atom. The number of nitrogens with two attached hydrogens (primary N) is 1. The number of azo groups is 1. The largest absolute Gasteiger partial charge is 0.310 e. The molecule has 0 spiro atoms. The standard InChI is InChI=1S/C46H39N5/c1-30-17-21-43-40(25-30)39-20-18-34(33-19-22-44-41(27-33)38-15-9-10-16-42(38)50(44)36-13-7-4-8-14-36)28-45(39)51(43)37-24-31(2)23-35(26-37)46(47)49-48-29-32-11-5-3-6-12-32/h3-24,26-28,30,46H,25,29,47H2,1-2H3/b49-48-. The van der Waals surface area contributed by atoms with E-state index in [1.165, 1.54) is 60.8 Å². The van der Waals surface area contributed by atoms with Gasteiger partial charge in [0.1, 0.15) is 6.17 Å². The first-order chi connectivity index (χ1) is 25.0. The molecule has 0 fully saturated rings. The molecular weight excluding hydrogens is 623 g/mol. The van der Waals surface area contributed by atoms with Crippen molar-refractivity contribution in [3.05, 3.63) is 174 Å². The molecule has 0 aliphatic heterocycles. The Balaban J connectivity index is 1.16. The number of aromatic nitrogens is 2. The van der Waals surface area contributed by atoms with Gasteiger partial charge < -0.3 is 14.9 Å². The highest BCUT2D eigenvalue weighted by molar-refractivity contribution is 6.10. The molecule has 2 unspecified atom stereocenters. The fourth-order valence-corrected chi connectivity index (χ4v) is 7.83. The van der Waals surface area contributed by atoms with Crippen LogP contribution in [0, 0.1) is 12.8 Å². The molecule has 51 heavy (non-hydrogen) atoms. The summed E-state index contributed by atoms with van der Waals surface area (Å²) in [5.41, 5.74) is 20.7. The number of nitrogens with zero attached hydrogens (tertiary/aromatic N) is 4. The van der Waals surface area contributed by atoms with Crippen LogP contribution in [-0.4, -0.2) is 9.13 Å². The van der Waals surface area contributed by atoms with Gasteiger partial charge in [0.25, 0.3) is 0 Å². The average Bonchev–Trinajstić information content (AvgIpc) is 3.67. The van der Waals surface area contributed by atoms with E-state index < -0.39 is 6.17 Å². The molecule has 2 N–H and O–H groups in total. The second kappa shape index (κ2) is 12.7. The van der Waals surface area contributed by atoms with Crippen LogP contribution in [0.5, 0.6) is 0 Å². The predicted octanol–water partition coefficient (Wildman–Crippen LogP) is 11.5. The fourth-order valence-electron chi connectivity index (χ4n) is 7.83. The minimum atomic E-state index is -0.555. The Hall–Kier alpha value is -6.04. The molecule has 2 aromatic heterocycles. The lowest BCUT2D eigenvalue weighted by Gasteiger charge is -2.17. The zero-order valence-corrected chi connectivity index (χ0v) is 28.9. The van der Waals surface area contributed by atoms with Crippen molar-refractivity contribution in [3.8, 4) is 22.5 Å². The Kier molecular flexibility index (Phi) is 7.71. The van der Waals surface area contributed by atoms with Gasteiger partial charge in [-0.2, -0.15) is 10.2 Å². The molecule has 0 radical (unpaired) electrons. The van der Waals surface area contributed by atoms with Gasteiger partial charge in [-0.1, -0.05) is 104 Å². The van der Waals surface area contributed by atoms with Crippen molar-refractivity contribution in [2.75, 3.05) is 0 Å². The van der Waals surface area contributed by atoms with Crippen molar-refractivity contribution in [3.63, 3.8) is 0 Å². The number of fused-ring (bicyclic) bond motifs is 6. The van der Waals surface area contributed by atoms with Crippen LogP contribution in [0.25, 0.3) is 61.3 Å². The van der Waals surface area contributed by atoms with Crippen LogP contribution in [-0.2, 0) is 13.0 Å². The van der Waals surface area contributed by atoms with Gasteiger partial charge in [-0.05, 0) is 107 Å². The maximum atomic E-state index is 6.66. The highest BCUT2D eigenvalue weighted by atomic mass is 15.2. The van der Waals surface area contributed by atoms with Crippen LogP contribution in [0.1, 0.15) is 41.0 Å². The summed E-state index contributed by atoms with van der Waals surface area (Å²) in [5, 5.41) is 12.8. The lowest BCUT2D eigenvalue weighted by molar-refractivity contribution is 0.691. The number of aryl methyl sites for hydroxylation is 1. The molecule has 1 aliphatic carbocycles. The van der Waals surface area contributed by atoms with E-state index >= 15 is 0 Å². The van der Waals surface area contributed by atoms with Crippen molar-refractivity contribution in [2.24, 2.45) is 21.9 Å². The highest BCUT2D eigenvalue weighted by Crippen LogP contribution is 2.40. The minimum absolute atomic E-state index is 0.479. The monoisotopic (exact) mass is 661 g/mol. The first-order valence-electron chi connectivity index (χ1n) is 17.7.